The Labute approximate surface area is 189 Å². The van der Waals surface area contributed by atoms with Crippen LogP contribution in [0.3, 0.4) is 0 Å². The lowest BCUT2D eigenvalue weighted by Crippen LogP contribution is -2.31. The van der Waals surface area contributed by atoms with Crippen LogP contribution in [0.2, 0.25) is 5.02 Å². The van der Waals surface area contributed by atoms with Gasteiger partial charge in [-0.3, -0.25) is 9.59 Å². The average Bonchev–Trinajstić information content (AvgIpc) is 3.50. The summed E-state index contributed by atoms with van der Waals surface area (Å²) in [7, 11) is 0. The lowest BCUT2D eigenvalue weighted by molar-refractivity contribution is -0.117. The molecule has 2 aromatic heterocycles. The molecule has 0 saturated heterocycles. The molecule has 1 N–H and O–H groups in total. The third-order valence-electron chi connectivity index (χ3n) is 5.81. The number of fused-ring (bicyclic) bond motifs is 1. The molecule has 162 valence electrons. The Morgan fingerprint density at radius 2 is 1.97 bits per heavy atom. The largest absolute Gasteiger partial charge is 0.324 e. The molecular formula is C24H22ClN5O2. The van der Waals surface area contributed by atoms with E-state index in [0.717, 1.165) is 35.2 Å². The molecule has 4 aromatic rings. The van der Waals surface area contributed by atoms with Gasteiger partial charge < -0.3 is 5.32 Å². The molecule has 5 rings (SSSR count). The van der Waals surface area contributed by atoms with Gasteiger partial charge in [0.15, 0.2) is 0 Å². The molecule has 1 fully saturated rings. The van der Waals surface area contributed by atoms with Gasteiger partial charge in [-0.05, 0) is 68.1 Å². The number of nitrogens with zero attached hydrogens (tertiary/aromatic N) is 4. The summed E-state index contributed by atoms with van der Waals surface area (Å²) in [4.78, 5) is 26.1. The van der Waals surface area contributed by atoms with Crippen molar-refractivity contribution in [1.82, 2.24) is 19.6 Å². The number of rotatable bonds is 5. The molecule has 1 amide bonds. The first kappa shape index (κ1) is 20.5. The van der Waals surface area contributed by atoms with Crippen molar-refractivity contribution in [2.75, 3.05) is 5.32 Å². The van der Waals surface area contributed by atoms with E-state index >= 15 is 0 Å². The zero-order valence-electron chi connectivity index (χ0n) is 17.8. The molecule has 0 aliphatic heterocycles. The number of anilines is 1. The Morgan fingerprint density at radius 1 is 1.16 bits per heavy atom. The van der Waals surface area contributed by atoms with Crippen molar-refractivity contribution in [1.29, 1.82) is 0 Å². The standard InChI is InChI=1S/C24H22ClN5O2/c1-14-6-9-19(10-15(14)2)30-23-20(12-26-30)22(16-7-8-16)28-29(24(23)32)13-21(31)27-18-5-3-4-17(25)11-18/h3-6,9-12,16H,7-8,13H2,1-2H3,(H,27,31). The highest BCUT2D eigenvalue weighted by Crippen LogP contribution is 2.41. The molecule has 7 nitrogen and oxygen atoms in total. The molecule has 0 bridgehead atoms. The van der Waals surface area contributed by atoms with Gasteiger partial charge in [0.05, 0.1) is 17.6 Å². The van der Waals surface area contributed by atoms with Crippen molar-refractivity contribution in [3.8, 4) is 5.69 Å². The molecule has 2 heterocycles. The van der Waals surface area contributed by atoms with Crippen molar-refractivity contribution >= 4 is 34.1 Å². The maximum Gasteiger partial charge on any atom is 0.293 e. The average molecular weight is 448 g/mol. The van der Waals surface area contributed by atoms with Crippen molar-refractivity contribution < 1.29 is 4.79 Å². The predicted octanol–water partition coefficient (Wildman–Crippen LogP) is 4.37. The summed E-state index contributed by atoms with van der Waals surface area (Å²) in [5, 5.41) is 13.1. The van der Waals surface area contributed by atoms with E-state index in [1.54, 1.807) is 35.1 Å². The van der Waals surface area contributed by atoms with Crippen LogP contribution in [0, 0.1) is 13.8 Å². The Balaban J connectivity index is 1.57. The zero-order chi connectivity index (χ0) is 22.4. The number of nitrogens with one attached hydrogen (secondary N) is 1. The number of benzene rings is 2. The highest BCUT2D eigenvalue weighted by atomic mass is 35.5. The van der Waals surface area contributed by atoms with E-state index in [0.29, 0.717) is 16.2 Å². The minimum absolute atomic E-state index is 0.195. The summed E-state index contributed by atoms with van der Waals surface area (Å²) in [5.41, 5.74) is 4.58. The molecule has 0 radical (unpaired) electrons. The minimum Gasteiger partial charge on any atom is -0.324 e. The molecule has 8 heteroatoms. The summed E-state index contributed by atoms with van der Waals surface area (Å²) in [5.74, 6) is -0.0574. The number of aryl methyl sites for hydroxylation is 2. The molecule has 32 heavy (non-hydrogen) atoms. The van der Waals surface area contributed by atoms with E-state index in [2.05, 4.69) is 15.5 Å². The first-order valence-electron chi connectivity index (χ1n) is 10.5. The van der Waals surface area contributed by atoms with Crippen LogP contribution in [-0.4, -0.2) is 25.5 Å². The van der Waals surface area contributed by atoms with Crippen LogP contribution in [0.4, 0.5) is 5.69 Å². The normalized spacial score (nSPS) is 13.5. The van der Waals surface area contributed by atoms with E-state index < -0.39 is 0 Å². The first-order valence-corrected chi connectivity index (χ1v) is 10.9. The van der Waals surface area contributed by atoms with Crippen molar-refractivity contribution in [3.63, 3.8) is 0 Å². The SMILES string of the molecule is Cc1ccc(-n2ncc3c(C4CC4)nn(CC(=O)Nc4cccc(Cl)c4)c(=O)c32)cc1C. The molecule has 0 spiro atoms. The topological polar surface area (TPSA) is 81.8 Å². The number of amides is 1. The summed E-state index contributed by atoms with van der Waals surface area (Å²) in [6.45, 7) is 3.88. The quantitative estimate of drug-likeness (QED) is 0.492. The van der Waals surface area contributed by atoms with Gasteiger partial charge in [-0.15, -0.1) is 0 Å². The summed E-state index contributed by atoms with van der Waals surface area (Å²) in [6.07, 6.45) is 3.75. The summed E-state index contributed by atoms with van der Waals surface area (Å²) >= 11 is 6.00. The molecule has 2 aromatic carbocycles. The van der Waals surface area contributed by atoms with E-state index in [1.807, 2.05) is 32.0 Å². The van der Waals surface area contributed by atoms with E-state index in [4.69, 9.17) is 11.6 Å². The first-order chi connectivity index (χ1) is 15.4. The van der Waals surface area contributed by atoms with Gasteiger partial charge in [0.25, 0.3) is 5.56 Å². The van der Waals surface area contributed by atoms with Crippen LogP contribution < -0.4 is 10.9 Å². The third-order valence-corrected chi connectivity index (χ3v) is 6.05. The molecule has 1 saturated carbocycles. The van der Waals surface area contributed by atoms with Gasteiger partial charge >= 0.3 is 0 Å². The number of aromatic nitrogens is 4. The Morgan fingerprint density at radius 3 is 2.69 bits per heavy atom. The van der Waals surface area contributed by atoms with Crippen molar-refractivity contribution in [3.05, 3.63) is 80.9 Å². The fraction of sp³-hybridized carbons (Fsp3) is 0.250. The lowest BCUT2D eigenvalue weighted by atomic mass is 10.1. The van der Waals surface area contributed by atoms with Crippen molar-refractivity contribution in [2.45, 2.75) is 39.2 Å². The molecule has 1 aliphatic rings. The predicted molar refractivity (Wildman–Crippen MR) is 125 cm³/mol. The number of hydrogen-bond donors (Lipinski definition) is 1. The maximum absolute atomic E-state index is 13.4. The van der Waals surface area contributed by atoms with Crippen molar-refractivity contribution in [2.24, 2.45) is 0 Å². The fourth-order valence-electron chi connectivity index (χ4n) is 3.81. The zero-order valence-corrected chi connectivity index (χ0v) is 18.6. The minimum atomic E-state index is -0.347. The second-order valence-electron chi connectivity index (χ2n) is 8.27. The van der Waals surface area contributed by atoms with Crippen LogP contribution in [0.1, 0.15) is 35.6 Å². The Hall–Kier alpha value is -3.45. The van der Waals surface area contributed by atoms with Gasteiger partial charge in [-0.25, -0.2) is 9.36 Å². The van der Waals surface area contributed by atoms with Crippen LogP contribution in [0.25, 0.3) is 16.6 Å². The van der Waals surface area contributed by atoms with Crippen LogP contribution in [0.15, 0.2) is 53.5 Å². The van der Waals surface area contributed by atoms with Gasteiger partial charge in [0.1, 0.15) is 12.1 Å². The highest BCUT2D eigenvalue weighted by molar-refractivity contribution is 6.30. The third kappa shape index (κ3) is 3.80. The Kier molecular flexibility index (Phi) is 5.06. The van der Waals surface area contributed by atoms with E-state index in [1.165, 1.54) is 10.2 Å². The molecular weight excluding hydrogens is 426 g/mol. The molecule has 0 atom stereocenters. The molecule has 0 unspecified atom stereocenters. The van der Waals surface area contributed by atoms with E-state index in [-0.39, 0.29) is 23.9 Å². The van der Waals surface area contributed by atoms with Crippen LogP contribution in [-0.2, 0) is 11.3 Å². The summed E-state index contributed by atoms with van der Waals surface area (Å²) in [6, 6.07) is 12.8. The van der Waals surface area contributed by atoms with Gasteiger partial charge in [-0.2, -0.15) is 10.2 Å². The number of halogens is 1. The van der Waals surface area contributed by atoms with Gasteiger partial charge in [0, 0.05) is 22.0 Å². The molecule has 1 aliphatic carbocycles. The summed E-state index contributed by atoms with van der Waals surface area (Å²) < 4.78 is 2.90. The highest BCUT2D eigenvalue weighted by Gasteiger charge is 2.30. The second-order valence-corrected chi connectivity index (χ2v) is 8.70. The Bertz CT molecular complexity index is 1420. The lowest BCUT2D eigenvalue weighted by Gasteiger charge is -2.11. The monoisotopic (exact) mass is 447 g/mol. The fourth-order valence-corrected chi connectivity index (χ4v) is 4.00. The van der Waals surface area contributed by atoms with Crippen LogP contribution >= 0.6 is 11.6 Å². The van der Waals surface area contributed by atoms with Crippen LogP contribution in [0.5, 0.6) is 0 Å². The van der Waals surface area contributed by atoms with Gasteiger partial charge in [0.2, 0.25) is 5.91 Å². The smallest absolute Gasteiger partial charge is 0.293 e. The number of hydrogen-bond acceptors (Lipinski definition) is 4. The maximum atomic E-state index is 13.4. The van der Waals surface area contributed by atoms with Gasteiger partial charge in [-0.1, -0.05) is 23.7 Å². The second kappa shape index (κ2) is 7.91. The number of carbonyl (C=O) groups is 1. The number of carbonyl (C=O) groups excluding carboxylic acids is 1. The van der Waals surface area contributed by atoms with E-state index in [9.17, 15) is 9.59 Å².